The van der Waals surface area contributed by atoms with Crippen LogP contribution in [0.3, 0.4) is 0 Å². The van der Waals surface area contributed by atoms with Gasteiger partial charge in [-0.1, -0.05) is 117 Å². The van der Waals surface area contributed by atoms with Crippen molar-refractivity contribution >= 4 is 11.4 Å². The number of hydrogen-bond acceptors (Lipinski definition) is 6. The smallest absolute Gasteiger partial charge is 0.350 e. The summed E-state index contributed by atoms with van der Waals surface area (Å²) in [5.74, 6) is 0.422. The van der Waals surface area contributed by atoms with Crippen molar-refractivity contribution in [1.82, 2.24) is 0 Å². The Morgan fingerprint density at radius 3 is 1.08 bits per heavy atom. The van der Waals surface area contributed by atoms with Gasteiger partial charge >= 0.3 is 11.4 Å². The Balaban J connectivity index is 2.51. The Bertz CT molecular complexity index is 680. The molecule has 0 bridgehead atoms. The number of benzene rings is 1. The number of ether oxygens (including phenoxy) is 2. The molecule has 8 heteroatoms. The van der Waals surface area contributed by atoms with Crippen molar-refractivity contribution < 1.29 is 19.3 Å². The summed E-state index contributed by atoms with van der Waals surface area (Å²) in [5.41, 5.74) is -1.14. The predicted octanol–water partition coefficient (Wildman–Crippen LogP) is 9.32. The van der Waals surface area contributed by atoms with Crippen LogP contribution in [0.25, 0.3) is 0 Å². The number of rotatable bonds is 24. The highest BCUT2D eigenvalue weighted by atomic mass is 16.6. The molecule has 0 unspecified atom stereocenters. The third-order valence-electron chi connectivity index (χ3n) is 6.45. The maximum Gasteiger partial charge on any atom is 0.350 e. The molecule has 0 aliphatic carbocycles. The average molecular weight is 509 g/mol. The van der Waals surface area contributed by atoms with Crippen LogP contribution < -0.4 is 9.47 Å². The van der Waals surface area contributed by atoms with Gasteiger partial charge in [0.1, 0.15) is 0 Å². The second kappa shape index (κ2) is 20.8. The minimum Gasteiger partial charge on any atom is -0.489 e. The van der Waals surface area contributed by atoms with Gasteiger partial charge in [0, 0.05) is 0 Å². The molecule has 1 aromatic carbocycles. The molecule has 0 aliphatic heterocycles. The molecule has 1 aromatic rings. The lowest BCUT2D eigenvalue weighted by atomic mass is 10.1. The minimum atomic E-state index is -0.742. The first-order valence-corrected chi connectivity index (χ1v) is 14.2. The van der Waals surface area contributed by atoms with E-state index in [9.17, 15) is 20.2 Å². The lowest BCUT2D eigenvalue weighted by molar-refractivity contribution is -0.422. The van der Waals surface area contributed by atoms with Gasteiger partial charge in [-0.15, -0.1) is 0 Å². The third kappa shape index (κ3) is 14.2. The Morgan fingerprint density at radius 1 is 0.528 bits per heavy atom. The first-order valence-electron chi connectivity index (χ1n) is 14.2. The second-order valence-electron chi connectivity index (χ2n) is 9.66. The number of nitro benzene ring substituents is 2. The Labute approximate surface area is 217 Å². The lowest BCUT2D eigenvalue weighted by Crippen LogP contribution is -2.05. The van der Waals surface area contributed by atoms with Crippen molar-refractivity contribution in [2.75, 3.05) is 13.2 Å². The van der Waals surface area contributed by atoms with Crippen LogP contribution in [0, 0.1) is 20.2 Å². The van der Waals surface area contributed by atoms with Crippen LogP contribution in [-0.4, -0.2) is 23.1 Å². The van der Waals surface area contributed by atoms with E-state index in [0.717, 1.165) is 50.7 Å². The maximum atomic E-state index is 11.4. The summed E-state index contributed by atoms with van der Waals surface area (Å²) in [5, 5.41) is 22.8. The zero-order chi connectivity index (χ0) is 26.4. The summed E-state index contributed by atoms with van der Waals surface area (Å²) >= 11 is 0. The summed E-state index contributed by atoms with van der Waals surface area (Å²) in [4.78, 5) is 21.3. The van der Waals surface area contributed by atoms with Gasteiger partial charge in [0.05, 0.1) is 35.2 Å². The number of nitrogens with zero attached hydrogens (tertiary/aromatic N) is 2. The molecule has 0 aliphatic rings. The quantitative estimate of drug-likeness (QED) is 0.0782. The Hall–Kier alpha value is -2.38. The summed E-state index contributed by atoms with van der Waals surface area (Å²) < 4.78 is 11.6. The molecular weight excluding hydrogens is 460 g/mol. The molecule has 36 heavy (non-hydrogen) atoms. The van der Waals surface area contributed by atoms with E-state index in [0.29, 0.717) is 13.2 Å². The minimum absolute atomic E-state index is 0.211. The van der Waals surface area contributed by atoms with Crippen molar-refractivity contribution in [3.05, 3.63) is 32.4 Å². The highest BCUT2D eigenvalue weighted by molar-refractivity contribution is 5.62. The Morgan fingerprint density at radius 2 is 0.806 bits per heavy atom. The van der Waals surface area contributed by atoms with Crippen LogP contribution in [0.1, 0.15) is 129 Å². The molecule has 1 rings (SSSR count). The molecular formula is C28H48N2O6. The molecule has 206 valence electrons. The number of hydrogen-bond donors (Lipinski definition) is 0. The molecule has 0 saturated heterocycles. The van der Waals surface area contributed by atoms with Gasteiger partial charge < -0.3 is 9.47 Å². The van der Waals surface area contributed by atoms with Crippen molar-refractivity contribution in [2.45, 2.75) is 129 Å². The zero-order valence-corrected chi connectivity index (χ0v) is 22.6. The topological polar surface area (TPSA) is 105 Å². The first kappa shape index (κ1) is 31.6. The fourth-order valence-corrected chi connectivity index (χ4v) is 4.25. The molecule has 8 nitrogen and oxygen atoms in total. The highest BCUT2D eigenvalue weighted by Crippen LogP contribution is 2.39. The average Bonchev–Trinajstić information content (AvgIpc) is 2.86. The molecule has 0 fully saturated rings. The number of unbranched alkanes of at least 4 members (excludes halogenated alkanes) is 16. The van der Waals surface area contributed by atoms with Gasteiger partial charge in [-0.2, -0.15) is 0 Å². The maximum absolute atomic E-state index is 11.4. The molecule has 0 amide bonds. The molecule has 0 heterocycles. The van der Waals surface area contributed by atoms with E-state index in [1.807, 2.05) is 0 Å². The standard InChI is InChI=1S/C28H48N2O6/c1-3-5-7-9-11-13-15-17-19-21-35-27-23-25(29(31)32)26(30(33)34)24-28(27)36-22-20-18-16-14-12-10-8-6-4-2/h23-24H,3-22H2,1-2H3. The molecule has 0 atom stereocenters. The monoisotopic (exact) mass is 508 g/mol. The van der Waals surface area contributed by atoms with Gasteiger partial charge in [-0.25, -0.2) is 0 Å². The molecule has 0 spiro atoms. The van der Waals surface area contributed by atoms with Crippen LogP contribution in [0.15, 0.2) is 12.1 Å². The van der Waals surface area contributed by atoms with E-state index < -0.39 is 21.2 Å². The molecule has 0 aromatic heterocycles. The van der Waals surface area contributed by atoms with Crippen LogP contribution in [0.5, 0.6) is 11.5 Å². The fraction of sp³-hybridized carbons (Fsp3) is 0.786. The van der Waals surface area contributed by atoms with Gasteiger partial charge in [0.2, 0.25) is 0 Å². The SMILES string of the molecule is CCCCCCCCCCCOc1cc([N+](=O)[O-])c([N+](=O)[O-])cc1OCCCCCCCCCCC. The summed E-state index contributed by atoms with van der Waals surface area (Å²) in [6.07, 6.45) is 21.2. The fourth-order valence-electron chi connectivity index (χ4n) is 4.25. The molecule has 0 saturated carbocycles. The van der Waals surface area contributed by atoms with Gasteiger partial charge in [-0.05, 0) is 12.8 Å². The third-order valence-corrected chi connectivity index (χ3v) is 6.45. The van der Waals surface area contributed by atoms with E-state index in [-0.39, 0.29) is 11.5 Å². The summed E-state index contributed by atoms with van der Waals surface area (Å²) in [6.45, 7) is 5.24. The van der Waals surface area contributed by atoms with Gasteiger partial charge in [0.25, 0.3) is 0 Å². The first-order chi connectivity index (χ1) is 17.5. The normalized spacial score (nSPS) is 10.9. The molecule has 0 N–H and O–H groups in total. The predicted molar refractivity (Wildman–Crippen MR) is 145 cm³/mol. The van der Waals surface area contributed by atoms with E-state index in [1.165, 1.54) is 77.0 Å². The van der Waals surface area contributed by atoms with Gasteiger partial charge in [0.15, 0.2) is 11.5 Å². The van der Waals surface area contributed by atoms with E-state index in [2.05, 4.69) is 13.8 Å². The molecule has 0 radical (unpaired) electrons. The zero-order valence-electron chi connectivity index (χ0n) is 22.6. The lowest BCUT2D eigenvalue weighted by Gasteiger charge is -2.13. The van der Waals surface area contributed by atoms with Crippen molar-refractivity contribution in [1.29, 1.82) is 0 Å². The van der Waals surface area contributed by atoms with E-state index >= 15 is 0 Å². The Kier molecular flexibility index (Phi) is 18.3. The van der Waals surface area contributed by atoms with E-state index in [1.54, 1.807) is 0 Å². The van der Waals surface area contributed by atoms with Crippen molar-refractivity contribution in [3.63, 3.8) is 0 Å². The van der Waals surface area contributed by atoms with Crippen molar-refractivity contribution in [2.24, 2.45) is 0 Å². The largest absolute Gasteiger partial charge is 0.489 e. The van der Waals surface area contributed by atoms with Crippen LogP contribution >= 0.6 is 0 Å². The summed E-state index contributed by atoms with van der Waals surface area (Å²) in [7, 11) is 0. The van der Waals surface area contributed by atoms with Crippen LogP contribution in [-0.2, 0) is 0 Å². The van der Waals surface area contributed by atoms with Crippen LogP contribution in [0.2, 0.25) is 0 Å². The van der Waals surface area contributed by atoms with E-state index in [4.69, 9.17) is 9.47 Å². The second-order valence-corrected chi connectivity index (χ2v) is 9.66. The van der Waals surface area contributed by atoms with Crippen LogP contribution in [0.4, 0.5) is 11.4 Å². The van der Waals surface area contributed by atoms with Crippen molar-refractivity contribution in [3.8, 4) is 11.5 Å². The number of nitro groups is 2. The highest BCUT2D eigenvalue weighted by Gasteiger charge is 2.28. The van der Waals surface area contributed by atoms with Gasteiger partial charge in [-0.3, -0.25) is 20.2 Å². The summed E-state index contributed by atoms with van der Waals surface area (Å²) in [6, 6.07) is 2.27.